The predicted molar refractivity (Wildman–Crippen MR) is 68.0 cm³/mol. The highest BCUT2D eigenvalue weighted by Crippen LogP contribution is 2.04. The fourth-order valence-corrected chi connectivity index (χ4v) is 1.29. The molecular weight excluding hydrogens is 220 g/mol. The summed E-state index contributed by atoms with van der Waals surface area (Å²) >= 11 is 0. The van der Waals surface area contributed by atoms with Gasteiger partial charge in [0.15, 0.2) is 6.29 Å². The highest BCUT2D eigenvalue weighted by atomic mass is 16.7. The third-order valence-electron chi connectivity index (χ3n) is 2.34. The Bertz CT molecular complexity index is 141. The van der Waals surface area contributed by atoms with Gasteiger partial charge in [-0.05, 0) is 12.8 Å². The van der Waals surface area contributed by atoms with E-state index in [9.17, 15) is 0 Å². The van der Waals surface area contributed by atoms with Crippen LogP contribution < -0.4 is 0 Å². The van der Waals surface area contributed by atoms with Gasteiger partial charge < -0.3 is 19.3 Å². The summed E-state index contributed by atoms with van der Waals surface area (Å²) < 4.78 is 16.4. The molecule has 0 aromatic carbocycles. The van der Waals surface area contributed by atoms with Crippen LogP contribution in [-0.2, 0) is 14.2 Å². The van der Waals surface area contributed by atoms with Crippen LogP contribution in [-0.4, -0.2) is 44.4 Å². The average molecular weight is 248 g/mol. The van der Waals surface area contributed by atoms with E-state index in [1.807, 2.05) is 0 Å². The molecule has 1 unspecified atom stereocenters. The van der Waals surface area contributed by atoms with Crippen LogP contribution in [0.2, 0.25) is 0 Å². The zero-order valence-corrected chi connectivity index (χ0v) is 11.3. The minimum Gasteiger partial charge on any atom is -0.394 e. The van der Waals surface area contributed by atoms with Gasteiger partial charge in [0.05, 0.1) is 19.8 Å². The first-order valence-corrected chi connectivity index (χ1v) is 6.76. The minimum atomic E-state index is -0.240. The summed E-state index contributed by atoms with van der Waals surface area (Å²) in [5.74, 6) is 0. The molecule has 0 heterocycles. The molecule has 0 aliphatic rings. The summed E-state index contributed by atoms with van der Waals surface area (Å²) in [5, 5.41) is 8.72. The van der Waals surface area contributed by atoms with Crippen molar-refractivity contribution in [3.63, 3.8) is 0 Å². The number of rotatable bonds is 13. The molecule has 0 aliphatic carbocycles. The van der Waals surface area contributed by atoms with Crippen molar-refractivity contribution in [3.8, 4) is 0 Å². The van der Waals surface area contributed by atoms with Crippen LogP contribution in [0.1, 0.15) is 46.0 Å². The Balaban J connectivity index is 3.53. The van der Waals surface area contributed by atoms with Gasteiger partial charge in [0.2, 0.25) is 0 Å². The van der Waals surface area contributed by atoms with Crippen LogP contribution in [0.25, 0.3) is 0 Å². The average Bonchev–Trinajstić information content (AvgIpc) is 2.35. The van der Waals surface area contributed by atoms with Crippen molar-refractivity contribution < 1.29 is 19.3 Å². The van der Waals surface area contributed by atoms with Gasteiger partial charge >= 0.3 is 0 Å². The molecule has 0 amide bonds. The molecule has 4 nitrogen and oxygen atoms in total. The number of aliphatic hydroxyl groups is 1. The molecule has 0 aliphatic heterocycles. The van der Waals surface area contributed by atoms with E-state index >= 15 is 0 Å². The maximum Gasteiger partial charge on any atom is 0.159 e. The van der Waals surface area contributed by atoms with Gasteiger partial charge in [0.1, 0.15) is 0 Å². The van der Waals surface area contributed by atoms with E-state index in [4.69, 9.17) is 19.3 Å². The Morgan fingerprint density at radius 3 is 2.18 bits per heavy atom. The third-order valence-corrected chi connectivity index (χ3v) is 2.34. The molecule has 0 aromatic rings. The standard InChI is InChI=1S/C13H28O4/c1-3-5-9-15-11-7-13(17-12-8-14)16-10-6-4-2/h13-14H,3-12H2,1-2H3. The molecule has 0 rings (SSSR count). The summed E-state index contributed by atoms with van der Waals surface area (Å²) in [6, 6.07) is 0. The molecule has 17 heavy (non-hydrogen) atoms. The van der Waals surface area contributed by atoms with Crippen molar-refractivity contribution in [2.45, 2.75) is 52.2 Å². The van der Waals surface area contributed by atoms with Gasteiger partial charge in [0.25, 0.3) is 0 Å². The zero-order chi connectivity index (χ0) is 12.8. The van der Waals surface area contributed by atoms with Gasteiger partial charge in [-0.1, -0.05) is 26.7 Å². The van der Waals surface area contributed by atoms with Crippen molar-refractivity contribution in [3.05, 3.63) is 0 Å². The third kappa shape index (κ3) is 12.1. The van der Waals surface area contributed by atoms with E-state index in [2.05, 4.69) is 13.8 Å². The quantitative estimate of drug-likeness (QED) is 0.401. The number of ether oxygens (including phenoxy) is 3. The molecular formula is C13H28O4. The second-order valence-corrected chi connectivity index (χ2v) is 4.00. The van der Waals surface area contributed by atoms with Gasteiger partial charge in [-0.2, -0.15) is 0 Å². The minimum absolute atomic E-state index is 0.0321. The monoisotopic (exact) mass is 248 g/mol. The Morgan fingerprint density at radius 2 is 1.53 bits per heavy atom. The van der Waals surface area contributed by atoms with Crippen LogP contribution in [0.4, 0.5) is 0 Å². The first-order chi connectivity index (χ1) is 8.35. The van der Waals surface area contributed by atoms with Crippen LogP contribution in [0, 0.1) is 0 Å². The molecule has 0 fully saturated rings. The smallest absolute Gasteiger partial charge is 0.159 e. The lowest BCUT2D eigenvalue weighted by molar-refractivity contribution is -0.157. The van der Waals surface area contributed by atoms with Crippen molar-refractivity contribution in [1.82, 2.24) is 0 Å². The fraction of sp³-hybridized carbons (Fsp3) is 1.00. The number of aliphatic hydroxyl groups excluding tert-OH is 1. The van der Waals surface area contributed by atoms with Gasteiger partial charge in [-0.25, -0.2) is 0 Å². The normalized spacial score (nSPS) is 12.9. The summed E-state index contributed by atoms with van der Waals surface area (Å²) in [6.07, 6.45) is 4.88. The Labute approximate surface area is 105 Å². The molecule has 0 saturated heterocycles. The van der Waals surface area contributed by atoms with Gasteiger partial charge in [0, 0.05) is 19.6 Å². The van der Waals surface area contributed by atoms with E-state index in [0.717, 1.165) is 38.7 Å². The Morgan fingerprint density at radius 1 is 0.882 bits per heavy atom. The molecule has 0 radical (unpaired) electrons. The molecule has 0 bridgehead atoms. The summed E-state index contributed by atoms with van der Waals surface area (Å²) in [6.45, 7) is 6.79. The molecule has 1 N–H and O–H groups in total. The van der Waals surface area contributed by atoms with Crippen LogP contribution in [0.5, 0.6) is 0 Å². The second kappa shape index (κ2) is 13.9. The van der Waals surface area contributed by atoms with Crippen LogP contribution in [0.3, 0.4) is 0 Å². The lowest BCUT2D eigenvalue weighted by Crippen LogP contribution is -2.22. The molecule has 4 heteroatoms. The number of unbranched alkanes of at least 4 members (excludes halogenated alkanes) is 2. The van der Waals surface area contributed by atoms with E-state index in [1.54, 1.807) is 0 Å². The zero-order valence-electron chi connectivity index (χ0n) is 11.3. The maximum absolute atomic E-state index is 8.72. The Kier molecular flexibility index (Phi) is 13.8. The van der Waals surface area contributed by atoms with Crippen LogP contribution >= 0.6 is 0 Å². The summed E-state index contributed by atoms with van der Waals surface area (Å²) in [7, 11) is 0. The number of hydrogen-bond donors (Lipinski definition) is 1. The van der Waals surface area contributed by atoms with E-state index in [-0.39, 0.29) is 12.9 Å². The van der Waals surface area contributed by atoms with E-state index < -0.39 is 0 Å². The lowest BCUT2D eigenvalue weighted by Gasteiger charge is -2.18. The van der Waals surface area contributed by atoms with E-state index in [1.165, 1.54) is 0 Å². The van der Waals surface area contributed by atoms with Crippen molar-refractivity contribution in [2.75, 3.05) is 33.0 Å². The van der Waals surface area contributed by atoms with Gasteiger partial charge in [-0.3, -0.25) is 0 Å². The SMILES string of the molecule is CCCCOCCC(OCCO)OCCCC. The maximum atomic E-state index is 8.72. The van der Waals surface area contributed by atoms with Crippen molar-refractivity contribution >= 4 is 0 Å². The topological polar surface area (TPSA) is 47.9 Å². The molecule has 0 saturated carbocycles. The highest BCUT2D eigenvalue weighted by molar-refractivity contribution is 4.46. The van der Waals surface area contributed by atoms with E-state index in [0.29, 0.717) is 19.8 Å². The summed E-state index contributed by atoms with van der Waals surface area (Å²) in [4.78, 5) is 0. The summed E-state index contributed by atoms with van der Waals surface area (Å²) in [5.41, 5.74) is 0. The van der Waals surface area contributed by atoms with Crippen molar-refractivity contribution in [2.24, 2.45) is 0 Å². The lowest BCUT2D eigenvalue weighted by atomic mass is 10.3. The van der Waals surface area contributed by atoms with Crippen LogP contribution in [0.15, 0.2) is 0 Å². The Hall–Kier alpha value is -0.160. The molecule has 1 atom stereocenters. The molecule has 0 spiro atoms. The molecule has 104 valence electrons. The first-order valence-electron chi connectivity index (χ1n) is 6.76. The number of hydrogen-bond acceptors (Lipinski definition) is 4. The second-order valence-electron chi connectivity index (χ2n) is 4.00. The largest absolute Gasteiger partial charge is 0.394 e. The molecule has 0 aromatic heterocycles. The fourth-order valence-electron chi connectivity index (χ4n) is 1.29. The highest BCUT2D eigenvalue weighted by Gasteiger charge is 2.08. The first kappa shape index (κ1) is 16.8. The predicted octanol–water partition coefficient (Wildman–Crippen LogP) is 2.34. The van der Waals surface area contributed by atoms with Crippen molar-refractivity contribution in [1.29, 1.82) is 0 Å². The van der Waals surface area contributed by atoms with Gasteiger partial charge in [-0.15, -0.1) is 0 Å².